The smallest absolute Gasteiger partial charge is 0.257 e. The standard InChI is InChI=1S/C26H27N3O3S/c1-4-18(3)32-23-14-8-19(9-15-23)24(30)29-26(33)28-22-12-10-21(11-13-22)27-25(31)20-7-5-6-17(2)16-20/h5-16,18H,4H2,1-3H3,(H,27,31)(H2,28,29,30,33). The molecule has 0 aliphatic heterocycles. The van der Waals surface area contributed by atoms with Gasteiger partial charge in [-0.15, -0.1) is 0 Å². The quantitative estimate of drug-likeness (QED) is 0.402. The normalized spacial score (nSPS) is 11.2. The van der Waals surface area contributed by atoms with Gasteiger partial charge >= 0.3 is 0 Å². The summed E-state index contributed by atoms with van der Waals surface area (Å²) in [6, 6.07) is 21.4. The average Bonchev–Trinajstić information content (AvgIpc) is 2.80. The van der Waals surface area contributed by atoms with Gasteiger partial charge in [-0.3, -0.25) is 14.9 Å². The molecule has 33 heavy (non-hydrogen) atoms. The van der Waals surface area contributed by atoms with Crippen LogP contribution in [0.4, 0.5) is 11.4 Å². The number of thiocarbonyl (C=S) groups is 1. The molecule has 3 rings (SSSR count). The third-order valence-corrected chi connectivity index (χ3v) is 5.14. The predicted octanol–water partition coefficient (Wildman–Crippen LogP) is 5.55. The van der Waals surface area contributed by atoms with Crippen LogP contribution in [0.25, 0.3) is 0 Å². The van der Waals surface area contributed by atoms with Gasteiger partial charge in [0.1, 0.15) is 5.75 Å². The number of aryl methyl sites for hydroxylation is 1. The van der Waals surface area contributed by atoms with E-state index < -0.39 is 0 Å². The molecule has 1 atom stereocenters. The number of rotatable bonds is 7. The fraction of sp³-hybridized carbons (Fsp3) is 0.192. The van der Waals surface area contributed by atoms with Gasteiger partial charge in [0.15, 0.2) is 5.11 Å². The molecule has 0 radical (unpaired) electrons. The monoisotopic (exact) mass is 461 g/mol. The number of carbonyl (C=O) groups excluding carboxylic acids is 2. The van der Waals surface area contributed by atoms with Crippen molar-refractivity contribution in [3.63, 3.8) is 0 Å². The molecule has 0 aliphatic rings. The van der Waals surface area contributed by atoms with E-state index in [-0.39, 0.29) is 23.0 Å². The van der Waals surface area contributed by atoms with Crippen LogP contribution < -0.4 is 20.7 Å². The van der Waals surface area contributed by atoms with Gasteiger partial charge in [-0.05, 0) is 93.1 Å². The van der Waals surface area contributed by atoms with Gasteiger partial charge in [-0.25, -0.2) is 0 Å². The zero-order valence-electron chi connectivity index (χ0n) is 18.8. The molecule has 6 nitrogen and oxygen atoms in total. The maximum absolute atomic E-state index is 12.4. The minimum atomic E-state index is -0.315. The molecule has 0 heterocycles. The molecular formula is C26H27N3O3S. The van der Waals surface area contributed by atoms with Crippen molar-refractivity contribution in [2.24, 2.45) is 0 Å². The van der Waals surface area contributed by atoms with Crippen LogP contribution in [0, 0.1) is 6.92 Å². The van der Waals surface area contributed by atoms with Crippen LogP contribution in [0.5, 0.6) is 5.75 Å². The number of anilines is 2. The van der Waals surface area contributed by atoms with E-state index in [4.69, 9.17) is 17.0 Å². The Bertz CT molecular complexity index is 1130. The van der Waals surface area contributed by atoms with Gasteiger partial charge in [0.05, 0.1) is 6.10 Å². The van der Waals surface area contributed by atoms with Crippen LogP contribution in [0.3, 0.4) is 0 Å². The fourth-order valence-corrected chi connectivity index (χ4v) is 3.18. The van der Waals surface area contributed by atoms with Crippen molar-refractivity contribution in [2.75, 3.05) is 10.6 Å². The summed E-state index contributed by atoms with van der Waals surface area (Å²) >= 11 is 5.25. The Kier molecular flexibility index (Phi) is 8.16. The number of hydrogen-bond acceptors (Lipinski definition) is 4. The van der Waals surface area contributed by atoms with Gasteiger partial charge in [0.25, 0.3) is 11.8 Å². The summed E-state index contributed by atoms with van der Waals surface area (Å²) in [4.78, 5) is 24.8. The summed E-state index contributed by atoms with van der Waals surface area (Å²) in [5, 5.41) is 8.67. The molecule has 0 aromatic heterocycles. The number of amides is 2. The molecule has 170 valence electrons. The van der Waals surface area contributed by atoms with Crippen LogP contribution in [0.15, 0.2) is 72.8 Å². The van der Waals surface area contributed by atoms with Gasteiger partial charge < -0.3 is 15.4 Å². The minimum Gasteiger partial charge on any atom is -0.491 e. The molecule has 2 amide bonds. The lowest BCUT2D eigenvalue weighted by Gasteiger charge is -2.13. The predicted molar refractivity (Wildman–Crippen MR) is 136 cm³/mol. The summed E-state index contributed by atoms with van der Waals surface area (Å²) in [7, 11) is 0. The topological polar surface area (TPSA) is 79.5 Å². The summed E-state index contributed by atoms with van der Waals surface area (Å²) in [5.74, 6) is 0.226. The lowest BCUT2D eigenvalue weighted by atomic mass is 10.1. The number of ether oxygens (including phenoxy) is 1. The number of benzene rings is 3. The van der Waals surface area contributed by atoms with Gasteiger partial charge in [-0.1, -0.05) is 24.6 Å². The zero-order valence-corrected chi connectivity index (χ0v) is 19.7. The largest absolute Gasteiger partial charge is 0.491 e. The average molecular weight is 462 g/mol. The zero-order chi connectivity index (χ0) is 23.8. The Morgan fingerprint density at radius 3 is 2.12 bits per heavy atom. The summed E-state index contributed by atoms with van der Waals surface area (Å²) in [6.45, 7) is 5.99. The van der Waals surface area contributed by atoms with Crippen LogP contribution in [0.1, 0.15) is 46.5 Å². The van der Waals surface area contributed by atoms with E-state index in [2.05, 4.69) is 22.9 Å². The first-order chi connectivity index (χ1) is 15.8. The highest BCUT2D eigenvalue weighted by atomic mass is 32.1. The van der Waals surface area contributed by atoms with E-state index in [1.54, 1.807) is 54.6 Å². The molecule has 0 saturated heterocycles. The van der Waals surface area contributed by atoms with Crippen molar-refractivity contribution < 1.29 is 14.3 Å². The highest BCUT2D eigenvalue weighted by Crippen LogP contribution is 2.16. The Balaban J connectivity index is 1.52. The van der Waals surface area contributed by atoms with Crippen molar-refractivity contribution in [3.8, 4) is 5.75 Å². The maximum atomic E-state index is 12.4. The lowest BCUT2D eigenvalue weighted by Crippen LogP contribution is -2.34. The summed E-state index contributed by atoms with van der Waals surface area (Å²) < 4.78 is 5.73. The van der Waals surface area contributed by atoms with Crippen molar-refractivity contribution in [1.82, 2.24) is 5.32 Å². The third-order valence-electron chi connectivity index (χ3n) is 4.94. The molecule has 0 aliphatic carbocycles. The number of carbonyl (C=O) groups is 2. The van der Waals surface area contributed by atoms with E-state index in [1.807, 2.05) is 32.0 Å². The summed E-state index contributed by atoms with van der Waals surface area (Å²) in [5.41, 5.74) is 3.44. The first kappa shape index (κ1) is 23.9. The number of nitrogens with one attached hydrogen (secondary N) is 3. The van der Waals surface area contributed by atoms with Gasteiger partial charge in [-0.2, -0.15) is 0 Å². The van der Waals surface area contributed by atoms with E-state index >= 15 is 0 Å². The van der Waals surface area contributed by atoms with Crippen molar-refractivity contribution in [2.45, 2.75) is 33.3 Å². The first-order valence-corrected chi connectivity index (χ1v) is 11.1. The Morgan fingerprint density at radius 2 is 1.52 bits per heavy atom. The second-order valence-electron chi connectivity index (χ2n) is 7.67. The van der Waals surface area contributed by atoms with E-state index in [0.29, 0.717) is 22.5 Å². The SMILES string of the molecule is CCC(C)Oc1ccc(C(=O)NC(=S)Nc2ccc(NC(=O)c3cccc(C)c3)cc2)cc1. The van der Waals surface area contributed by atoms with Crippen LogP contribution in [-0.2, 0) is 0 Å². The molecule has 0 fully saturated rings. The molecule has 0 bridgehead atoms. The Labute approximate surface area is 199 Å². The van der Waals surface area contributed by atoms with E-state index in [0.717, 1.165) is 17.7 Å². The lowest BCUT2D eigenvalue weighted by molar-refractivity contribution is 0.0976. The molecule has 3 N–H and O–H groups in total. The highest BCUT2D eigenvalue weighted by molar-refractivity contribution is 7.80. The van der Waals surface area contributed by atoms with Crippen molar-refractivity contribution in [1.29, 1.82) is 0 Å². The fourth-order valence-electron chi connectivity index (χ4n) is 2.96. The minimum absolute atomic E-state index is 0.115. The maximum Gasteiger partial charge on any atom is 0.257 e. The molecule has 3 aromatic rings. The molecular weight excluding hydrogens is 434 g/mol. The first-order valence-electron chi connectivity index (χ1n) is 10.7. The van der Waals surface area contributed by atoms with Crippen molar-refractivity contribution in [3.05, 3.63) is 89.5 Å². The number of hydrogen-bond donors (Lipinski definition) is 3. The van der Waals surface area contributed by atoms with Crippen molar-refractivity contribution >= 4 is 40.5 Å². The summed E-state index contributed by atoms with van der Waals surface area (Å²) in [6.07, 6.45) is 1.02. The second-order valence-corrected chi connectivity index (χ2v) is 8.08. The Morgan fingerprint density at radius 1 is 0.879 bits per heavy atom. The van der Waals surface area contributed by atoms with E-state index in [9.17, 15) is 9.59 Å². The van der Waals surface area contributed by atoms with Crippen LogP contribution >= 0.6 is 12.2 Å². The molecule has 0 spiro atoms. The van der Waals surface area contributed by atoms with Crippen LogP contribution in [0.2, 0.25) is 0 Å². The molecule has 1 unspecified atom stereocenters. The second kappa shape index (κ2) is 11.2. The van der Waals surface area contributed by atoms with Gasteiger partial charge in [0, 0.05) is 22.5 Å². The van der Waals surface area contributed by atoms with Crippen LogP contribution in [-0.4, -0.2) is 23.0 Å². The van der Waals surface area contributed by atoms with E-state index in [1.165, 1.54) is 0 Å². The third kappa shape index (κ3) is 7.15. The molecule has 3 aromatic carbocycles. The Hall–Kier alpha value is -3.71. The van der Waals surface area contributed by atoms with Gasteiger partial charge in [0.2, 0.25) is 0 Å². The highest BCUT2D eigenvalue weighted by Gasteiger charge is 2.10. The molecule has 7 heteroatoms. The molecule has 0 saturated carbocycles.